The van der Waals surface area contributed by atoms with Gasteiger partial charge in [-0.3, -0.25) is 9.59 Å². The van der Waals surface area contributed by atoms with Crippen LogP contribution in [-0.4, -0.2) is 37.9 Å². The van der Waals surface area contributed by atoms with Crippen LogP contribution in [0, 0.1) is 0 Å². The van der Waals surface area contributed by atoms with E-state index in [4.69, 9.17) is 23.1 Å². The van der Waals surface area contributed by atoms with Crippen LogP contribution in [0.5, 0.6) is 0 Å². The molecule has 1 aromatic carbocycles. The lowest BCUT2D eigenvalue weighted by atomic mass is 10.1. The van der Waals surface area contributed by atoms with E-state index in [0.717, 1.165) is 16.6 Å². The summed E-state index contributed by atoms with van der Waals surface area (Å²) in [6, 6.07) is 5.91. The third-order valence-corrected chi connectivity index (χ3v) is 5.03. The molecule has 0 saturated carbocycles. The van der Waals surface area contributed by atoms with Crippen molar-refractivity contribution in [3.05, 3.63) is 40.4 Å². The zero-order chi connectivity index (χ0) is 22.5. The number of rotatable bonds is 8. The van der Waals surface area contributed by atoms with Gasteiger partial charge in [-0.15, -0.1) is 0 Å². The number of carbonyl (C=O) groups excluding carboxylic acids is 2. The molecule has 0 unspecified atom stereocenters. The second-order valence-electron chi connectivity index (χ2n) is 6.87. The average molecular weight is 445 g/mol. The zero-order valence-electron chi connectivity index (χ0n) is 17.4. The van der Waals surface area contributed by atoms with Crippen LogP contribution in [-0.2, 0) is 24.3 Å². The van der Waals surface area contributed by atoms with E-state index in [0.29, 0.717) is 31.8 Å². The van der Waals surface area contributed by atoms with Gasteiger partial charge in [0.25, 0.3) is 5.91 Å². The third-order valence-electron chi connectivity index (χ3n) is 4.75. The Morgan fingerprint density at radius 3 is 2.58 bits per heavy atom. The zero-order valence-corrected chi connectivity index (χ0v) is 18.2. The van der Waals surface area contributed by atoms with Gasteiger partial charge in [0.2, 0.25) is 5.91 Å². The SMILES string of the molecule is CCNC(=O)CCc1ccc2nc(CNC(=O)c3nc(Cl)c(N)nc3N)n(CC)c2c1. The first-order chi connectivity index (χ1) is 14.8. The van der Waals surface area contributed by atoms with Gasteiger partial charge in [-0.1, -0.05) is 17.7 Å². The Morgan fingerprint density at radius 1 is 1.10 bits per heavy atom. The lowest BCUT2D eigenvalue weighted by Gasteiger charge is -2.09. The van der Waals surface area contributed by atoms with Crippen molar-refractivity contribution in [2.24, 2.45) is 0 Å². The Morgan fingerprint density at radius 2 is 1.87 bits per heavy atom. The maximum atomic E-state index is 12.5. The number of hydrogen-bond acceptors (Lipinski definition) is 7. The number of nitrogen functional groups attached to an aromatic ring is 2. The van der Waals surface area contributed by atoms with Crippen LogP contribution in [0.1, 0.15) is 42.1 Å². The molecule has 0 saturated heterocycles. The molecule has 2 aromatic heterocycles. The summed E-state index contributed by atoms with van der Waals surface area (Å²) < 4.78 is 2.01. The highest BCUT2D eigenvalue weighted by Crippen LogP contribution is 2.20. The molecule has 0 radical (unpaired) electrons. The van der Waals surface area contributed by atoms with E-state index < -0.39 is 5.91 Å². The quantitative estimate of drug-likeness (QED) is 0.412. The molecular weight excluding hydrogens is 420 g/mol. The van der Waals surface area contributed by atoms with E-state index in [1.807, 2.05) is 36.6 Å². The van der Waals surface area contributed by atoms with Gasteiger partial charge >= 0.3 is 0 Å². The van der Waals surface area contributed by atoms with Gasteiger partial charge in [0.15, 0.2) is 22.5 Å². The fourth-order valence-electron chi connectivity index (χ4n) is 3.26. The van der Waals surface area contributed by atoms with Crippen molar-refractivity contribution < 1.29 is 9.59 Å². The molecule has 0 atom stereocenters. The Labute approximate surface area is 184 Å². The molecule has 31 heavy (non-hydrogen) atoms. The Bertz CT molecular complexity index is 1130. The molecule has 0 spiro atoms. The molecule has 0 aliphatic heterocycles. The molecule has 164 valence electrons. The van der Waals surface area contributed by atoms with Gasteiger partial charge in [0, 0.05) is 19.5 Å². The summed E-state index contributed by atoms with van der Waals surface area (Å²) in [5, 5.41) is 5.47. The van der Waals surface area contributed by atoms with Crippen molar-refractivity contribution in [3.8, 4) is 0 Å². The van der Waals surface area contributed by atoms with E-state index >= 15 is 0 Å². The minimum atomic E-state index is -0.524. The number of aromatic nitrogens is 4. The van der Waals surface area contributed by atoms with Crippen LogP contribution in [0.25, 0.3) is 11.0 Å². The molecule has 0 fully saturated rings. The predicted molar refractivity (Wildman–Crippen MR) is 119 cm³/mol. The first-order valence-corrected chi connectivity index (χ1v) is 10.3. The van der Waals surface area contributed by atoms with Gasteiger partial charge in [0.05, 0.1) is 17.6 Å². The van der Waals surface area contributed by atoms with E-state index in [1.54, 1.807) is 0 Å². The van der Waals surface area contributed by atoms with Crippen molar-refractivity contribution in [1.29, 1.82) is 0 Å². The molecule has 0 aliphatic carbocycles. The first kappa shape index (κ1) is 22.3. The molecule has 0 aliphatic rings. The highest BCUT2D eigenvalue weighted by Gasteiger charge is 2.17. The van der Waals surface area contributed by atoms with Crippen molar-refractivity contribution in [3.63, 3.8) is 0 Å². The minimum Gasteiger partial charge on any atom is -0.382 e. The van der Waals surface area contributed by atoms with Crippen LogP contribution >= 0.6 is 11.6 Å². The Hall–Kier alpha value is -3.40. The number of amides is 2. The van der Waals surface area contributed by atoms with E-state index in [1.165, 1.54) is 0 Å². The summed E-state index contributed by atoms with van der Waals surface area (Å²) in [5.74, 6) is 0.0517. The maximum absolute atomic E-state index is 12.5. The smallest absolute Gasteiger partial charge is 0.274 e. The third kappa shape index (κ3) is 5.02. The molecule has 3 rings (SSSR count). The molecule has 11 heteroatoms. The number of carbonyl (C=O) groups is 2. The number of fused-ring (bicyclic) bond motifs is 1. The van der Waals surface area contributed by atoms with Gasteiger partial charge in [0.1, 0.15) is 5.82 Å². The molecule has 6 N–H and O–H groups in total. The fraction of sp³-hybridized carbons (Fsp3) is 0.350. The highest BCUT2D eigenvalue weighted by molar-refractivity contribution is 6.31. The first-order valence-electron chi connectivity index (χ1n) is 9.95. The molecule has 2 heterocycles. The lowest BCUT2D eigenvalue weighted by Crippen LogP contribution is -2.27. The van der Waals surface area contributed by atoms with Crippen LogP contribution in [0.2, 0.25) is 5.15 Å². The van der Waals surface area contributed by atoms with Gasteiger partial charge in [-0.25, -0.2) is 15.0 Å². The minimum absolute atomic E-state index is 0.0279. The monoisotopic (exact) mass is 444 g/mol. The second kappa shape index (κ2) is 9.61. The summed E-state index contributed by atoms with van der Waals surface area (Å²) in [6.07, 6.45) is 1.06. The number of hydrogen-bond donors (Lipinski definition) is 4. The molecular formula is C20H25ClN8O2. The van der Waals surface area contributed by atoms with E-state index in [-0.39, 0.29) is 34.9 Å². The number of nitrogens with two attached hydrogens (primary N) is 2. The van der Waals surface area contributed by atoms with E-state index in [9.17, 15) is 9.59 Å². The number of benzene rings is 1. The van der Waals surface area contributed by atoms with Crippen LogP contribution < -0.4 is 22.1 Å². The number of aryl methyl sites for hydroxylation is 2. The highest BCUT2D eigenvalue weighted by atomic mass is 35.5. The van der Waals surface area contributed by atoms with E-state index in [2.05, 4.69) is 25.6 Å². The standard InChI is InChI=1S/C20H25ClN8O2/c1-3-24-15(30)8-6-11-5-7-12-13(9-11)29(4-2)14(26-12)10-25-20(31)16-18(22)28-19(23)17(21)27-16/h5,7,9H,3-4,6,8,10H2,1-2H3,(H,24,30)(H,25,31)(H4,22,23,28). The molecule has 2 amide bonds. The van der Waals surface area contributed by atoms with Crippen molar-refractivity contribution >= 4 is 46.1 Å². The van der Waals surface area contributed by atoms with Crippen molar-refractivity contribution in [2.45, 2.75) is 39.8 Å². The topological polar surface area (TPSA) is 154 Å². The average Bonchev–Trinajstić information content (AvgIpc) is 3.10. The van der Waals surface area contributed by atoms with Gasteiger partial charge in [-0.05, 0) is 38.0 Å². The van der Waals surface area contributed by atoms with Crippen LogP contribution in [0.15, 0.2) is 18.2 Å². The summed E-state index contributed by atoms with van der Waals surface area (Å²) in [6.45, 7) is 5.34. The van der Waals surface area contributed by atoms with Gasteiger partial charge in [-0.2, -0.15) is 0 Å². The van der Waals surface area contributed by atoms with Crippen molar-refractivity contribution in [2.75, 3.05) is 18.0 Å². The van der Waals surface area contributed by atoms with Crippen LogP contribution in [0.3, 0.4) is 0 Å². The number of anilines is 2. The van der Waals surface area contributed by atoms with Crippen molar-refractivity contribution in [1.82, 2.24) is 30.2 Å². The molecule has 3 aromatic rings. The summed E-state index contributed by atoms with van der Waals surface area (Å²) in [5.41, 5.74) is 14.0. The number of imidazole rings is 1. The summed E-state index contributed by atoms with van der Waals surface area (Å²) >= 11 is 5.85. The predicted octanol–water partition coefficient (Wildman–Crippen LogP) is 1.66. The number of halogens is 1. The fourth-order valence-corrected chi connectivity index (χ4v) is 3.38. The maximum Gasteiger partial charge on any atom is 0.274 e. The normalized spacial score (nSPS) is 10.9. The Kier molecular flexibility index (Phi) is 6.91. The lowest BCUT2D eigenvalue weighted by molar-refractivity contribution is -0.120. The summed E-state index contributed by atoms with van der Waals surface area (Å²) in [4.78, 5) is 36.6. The molecule has 0 bridgehead atoms. The number of nitrogens with one attached hydrogen (secondary N) is 2. The largest absolute Gasteiger partial charge is 0.382 e. The molecule has 10 nitrogen and oxygen atoms in total. The van der Waals surface area contributed by atoms with Gasteiger partial charge < -0.3 is 26.7 Å². The summed E-state index contributed by atoms with van der Waals surface area (Å²) in [7, 11) is 0. The second-order valence-corrected chi connectivity index (χ2v) is 7.22. The Balaban J connectivity index is 1.77. The van der Waals surface area contributed by atoms with Crippen LogP contribution in [0.4, 0.5) is 11.6 Å². The number of nitrogens with zero attached hydrogens (tertiary/aromatic N) is 4.